The van der Waals surface area contributed by atoms with Gasteiger partial charge in [-0.15, -0.1) is 0 Å². The SMILES string of the molecule is c1ccc(-c2ccc(-c3cc(-c4ccc(-c5ccccc5)cc4)nc(-n4c5ccccc5c5ccc6c(c7ccccc7n6-c6ccccc6)c54)n3)cc2)cc1. The lowest BCUT2D eigenvalue weighted by Gasteiger charge is -2.13. The molecule has 0 saturated carbocycles. The van der Waals surface area contributed by atoms with Crippen LogP contribution in [-0.2, 0) is 0 Å². The minimum Gasteiger partial charge on any atom is -0.309 e. The summed E-state index contributed by atoms with van der Waals surface area (Å²) in [5, 5.41) is 4.69. The molecule has 0 radical (unpaired) electrons. The topological polar surface area (TPSA) is 35.6 Å². The van der Waals surface area contributed by atoms with Crippen LogP contribution >= 0.6 is 0 Å². The van der Waals surface area contributed by atoms with Gasteiger partial charge in [-0.2, -0.15) is 0 Å². The van der Waals surface area contributed by atoms with Crippen LogP contribution in [0.2, 0.25) is 0 Å². The first-order valence-corrected chi connectivity index (χ1v) is 19.0. The molecule has 0 spiro atoms. The van der Waals surface area contributed by atoms with Gasteiger partial charge in [0.2, 0.25) is 5.95 Å². The first-order valence-electron chi connectivity index (χ1n) is 19.0. The Bertz CT molecular complexity index is 3100. The fourth-order valence-electron chi connectivity index (χ4n) is 8.33. The molecule has 3 heterocycles. The molecule has 11 rings (SSSR count). The van der Waals surface area contributed by atoms with Crippen molar-refractivity contribution in [1.29, 1.82) is 0 Å². The van der Waals surface area contributed by atoms with Crippen LogP contribution in [0.1, 0.15) is 0 Å². The maximum absolute atomic E-state index is 5.44. The van der Waals surface area contributed by atoms with Gasteiger partial charge in [0.1, 0.15) is 0 Å². The third kappa shape index (κ3) is 5.23. The number of hydrogen-bond donors (Lipinski definition) is 0. The Balaban J connectivity index is 1.19. The Labute approximate surface area is 324 Å². The van der Waals surface area contributed by atoms with Crippen LogP contribution in [-0.4, -0.2) is 19.1 Å². The lowest BCUT2D eigenvalue weighted by atomic mass is 10.0. The lowest BCUT2D eigenvalue weighted by molar-refractivity contribution is 0.998. The summed E-state index contributed by atoms with van der Waals surface area (Å²) in [7, 11) is 0. The predicted molar refractivity (Wildman–Crippen MR) is 232 cm³/mol. The second kappa shape index (κ2) is 13.1. The van der Waals surface area contributed by atoms with Gasteiger partial charge in [-0.1, -0.05) is 170 Å². The van der Waals surface area contributed by atoms with Crippen molar-refractivity contribution in [1.82, 2.24) is 19.1 Å². The van der Waals surface area contributed by atoms with Gasteiger partial charge in [-0.3, -0.25) is 4.57 Å². The van der Waals surface area contributed by atoms with Gasteiger partial charge in [-0.05, 0) is 58.7 Å². The standard InChI is InChI=1S/C52H34N4/c1-4-14-35(15-5-1)37-24-28-39(29-25-37)45-34-46(40-30-26-38(27-31-40)36-16-6-2-7-17-36)54-52(53-45)56-47-22-12-10-20-42(47)43-32-33-49-50(51(43)56)44-21-11-13-23-48(44)55(49)41-18-8-3-9-19-41/h1-34H. The van der Waals surface area contributed by atoms with E-state index in [9.17, 15) is 0 Å². The van der Waals surface area contributed by atoms with E-state index in [1.165, 1.54) is 38.4 Å². The van der Waals surface area contributed by atoms with Crippen molar-refractivity contribution in [2.45, 2.75) is 0 Å². The Morgan fingerprint density at radius 2 is 0.750 bits per heavy atom. The first-order chi connectivity index (χ1) is 27.8. The highest BCUT2D eigenvalue weighted by Gasteiger charge is 2.22. The summed E-state index contributed by atoms with van der Waals surface area (Å²) in [6.45, 7) is 0. The maximum Gasteiger partial charge on any atom is 0.235 e. The molecule has 0 amide bonds. The largest absolute Gasteiger partial charge is 0.309 e. The van der Waals surface area contributed by atoms with E-state index < -0.39 is 0 Å². The molecule has 0 aliphatic rings. The van der Waals surface area contributed by atoms with Crippen molar-refractivity contribution in [2.24, 2.45) is 0 Å². The van der Waals surface area contributed by atoms with Crippen molar-refractivity contribution in [3.05, 3.63) is 206 Å². The molecule has 0 aliphatic heterocycles. The van der Waals surface area contributed by atoms with E-state index in [2.05, 4.69) is 215 Å². The zero-order valence-electron chi connectivity index (χ0n) is 30.4. The molecule has 4 heteroatoms. The van der Waals surface area contributed by atoms with Gasteiger partial charge < -0.3 is 4.57 Å². The monoisotopic (exact) mass is 714 g/mol. The van der Waals surface area contributed by atoms with Crippen LogP contribution in [0.5, 0.6) is 0 Å². The Kier molecular flexibility index (Phi) is 7.46. The Hall–Kier alpha value is -7.56. The second-order valence-corrected chi connectivity index (χ2v) is 14.2. The number of fused-ring (bicyclic) bond motifs is 7. The third-order valence-electron chi connectivity index (χ3n) is 11.0. The van der Waals surface area contributed by atoms with Crippen molar-refractivity contribution < 1.29 is 0 Å². The van der Waals surface area contributed by atoms with E-state index >= 15 is 0 Å². The molecule has 0 bridgehead atoms. The number of rotatable bonds is 6. The fourth-order valence-corrected chi connectivity index (χ4v) is 8.33. The molecule has 0 unspecified atom stereocenters. The van der Waals surface area contributed by atoms with Crippen molar-refractivity contribution in [3.8, 4) is 56.4 Å². The summed E-state index contributed by atoms with van der Waals surface area (Å²) in [5.74, 6) is 0.631. The van der Waals surface area contributed by atoms with E-state index in [0.29, 0.717) is 5.95 Å². The Morgan fingerprint density at radius 3 is 1.32 bits per heavy atom. The van der Waals surface area contributed by atoms with Crippen LogP contribution in [0.4, 0.5) is 0 Å². The van der Waals surface area contributed by atoms with E-state index in [0.717, 1.165) is 55.7 Å². The van der Waals surface area contributed by atoms with Crippen LogP contribution < -0.4 is 0 Å². The Morgan fingerprint density at radius 1 is 0.304 bits per heavy atom. The summed E-state index contributed by atoms with van der Waals surface area (Å²) in [6.07, 6.45) is 0. The molecule has 0 aliphatic carbocycles. The number of para-hydroxylation sites is 3. The van der Waals surface area contributed by atoms with Gasteiger partial charge >= 0.3 is 0 Å². The molecule has 262 valence electrons. The maximum atomic E-state index is 5.44. The van der Waals surface area contributed by atoms with Gasteiger partial charge in [-0.25, -0.2) is 9.97 Å². The molecule has 0 saturated heterocycles. The number of benzene rings is 8. The van der Waals surface area contributed by atoms with Crippen LogP contribution in [0, 0.1) is 0 Å². The van der Waals surface area contributed by atoms with Gasteiger partial charge in [0.25, 0.3) is 0 Å². The smallest absolute Gasteiger partial charge is 0.235 e. The summed E-state index contributed by atoms with van der Waals surface area (Å²) in [4.78, 5) is 10.9. The lowest BCUT2D eigenvalue weighted by Crippen LogP contribution is -2.04. The minimum absolute atomic E-state index is 0.631. The van der Waals surface area contributed by atoms with Crippen molar-refractivity contribution in [3.63, 3.8) is 0 Å². The summed E-state index contributed by atoms with van der Waals surface area (Å²) < 4.78 is 4.66. The molecule has 11 aromatic rings. The summed E-state index contributed by atoms with van der Waals surface area (Å²) >= 11 is 0. The minimum atomic E-state index is 0.631. The molecular weight excluding hydrogens is 681 g/mol. The first kappa shape index (κ1) is 31.9. The normalized spacial score (nSPS) is 11.6. The predicted octanol–water partition coefficient (Wildman–Crippen LogP) is 13.3. The average molecular weight is 715 g/mol. The summed E-state index contributed by atoms with van der Waals surface area (Å²) in [5.41, 5.74) is 14.1. The highest BCUT2D eigenvalue weighted by Crippen LogP contribution is 2.42. The quantitative estimate of drug-likeness (QED) is 0.172. The number of hydrogen-bond acceptors (Lipinski definition) is 2. The van der Waals surface area contributed by atoms with E-state index in [-0.39, 0.29) is 0 Å². The van der Waals surface area contributed by atoms with E-state index in [4.69, 9.17) is 9.97 Å². The van der Waals surface area contributed by atoms with E-state index in [1.807, 2.05) is 0 Å². The summed E-state index contributed by atoms with van der Waals surface area (Å²) in [6, 6.07) is 73.1. The molecule has 0 atom stereocenters. The molecule has 56 heavy (non-hydrogen) atoms. The highest BCUT2D eigenvalue weighted by atomic mass is 15.2. The second-order valence-electron chi connectivity index (χ2n) is 14.2. The number of nitrogens with zero attached hydrogens (tertiary/aromatic N) is 4. The van der Waals surface area contributed by atoms with Gasteiger partial charge in [0, 0.05) is 38.4 Å². The molecule has 3 aromatic heterocycles. The van der Waals surface area contributed by atoms with Crippen molar-refractivity contribution >= 4 is 43.6 Å². The fraction of sp³-hybridized carbons (Fsp3) is 0. The zero-order valence-corrected chi connectivity index (χ0v) is 30.4. The van der Waals surface area contributed by atoms with E-state index in [1.54, 1.807) is 0 Å². The third-order valence-corrected chi connectivity index (χ3v) is 11.0. The molecule has 4 nitrogen and oxygen atoms in total. The molecular formula is C52H34N4. The van der Waals surface area contributed by atoms with Gasteiger partial charge in [0.15, 0.2) is 0 Å². The van der Waals surface area contributed by atoms with Crippen molar-refractivity contribution in [2.75, 3.05) is 0 Å². The average Bonchev–Trinajstić information content (AvgIpc) is 3.80. The van der Waals surface area contributed by atoms with Crippen LogP contribution in [0.3, 0.4) is 0 Å². The van der Waals surface area contributed by atoms with Crippen LogP contribution in [0.25, 0.3) is 100 Å². The highest BCUT2D eigenvalue weighted by molar-refractivity contribution is 6.26. The number of aromatic nitrogens is 4. The molecule has 0 fully saturated rings. The molecule has 0 N–H and O–H groups in total. The molecule has 8 aromatic carbocycles. The zero-order chi connectivity index (χ0) is 37.0. The van der Waals surface area contributed by atoms with Crippen LogP contribution in [0.15, 0.2) is 206 Å². The van der Waals surface area contributed by atoms with Gasteiger partial charge in [0.05, 0.1) is 33.5 Å².